The first-order valence-electron chi connectivity index (χ1n) is 2.07. The quantitative estimate of drug-likeness (QED) is 0.173. The minimum atomic E-state index is -1.20. The molecular formula is C2H5N5O3. The lowest BCUT2D eigenvalue weighted by Gasteiger charge is -1.88. The van der Waals surface area contributed by atoms with Crippen molar-refractivity contribution in [3.05, 3.63) is 10.1 Å². The van der Waals surface area contributed by atoms with Crippen molar-refractivity contribution in [1.29, 1.82) is 0 Å². The first kappa shape index (κ1) is 8.14. The number of aliphatic imine (C=N–C) groups is 1. The second-order valence-electron chi connectivity index (χ2n) is 1.21. The van der Waals surface area contributed by atoms with Crippen molar-refractivity contribution < 1.29 is 9.83 Å². The summed E-state index contributed by atoms with van der Waals surface area (Å²) >= 11 is 0. The molecule has 0 aliphatic rings. The van der Waals surface area contributed by atoms with Gasteiger partial charge in [-0.05, 0) is 5.43 Å². The van der Waals surface area contributed by atoms with Crippen LogP contribution in [0, 0.1) is 10.1 Å². The number of nitrogens with zero attached hydrogens (tertiary/aromatic N) is 2. The van der Waals surface area contributed by atoms with Gasteiger partial charge < -0.3 is 11.5 Å². The van der Waals surface area contributed by atoms with Gasteiger partial charge in [0.15, 0.2) is 11.0 Å². The second-order valence-corrected chi connectivity index (χ2v) is 1.21. The monoisotopic (exact) mass is 147 g/mol. The number of nitrogens with one attached hydrogen (secondary N) is 1. The largest absolute Gasteiger partial charge is 0.401 e. The zero-order valence-corrected chi connectivity index (χ0v) is 4.77. The second kappa shape index (κ2) is 3.22. The Morgan fingerprint density at radius 3 is 2.40 bits per heavy atom. The van der Waals surface area contributed by atoms with E-state index in [0.717, 1.165) is 0 Å². The molecule has 0 fully saturated rings. The number of amides is 2. The zero-order chi connectivity index (χ0) is 8.15. The van der Waals surface area contributed by atoms with Crippen LogP contribution >= 0.6 is 0 Å². The Kier molecular flexibility index (Phi) is 2.62. The van der Waals surface area contributed by atoms with Gasteiger partial charge in [-0.25, -0.2) is 14.9 Å². The van der Waals surface area contributed by atoms with E-state index in [9.17, 15) is 14.9 Å². The summed E-state index contributed by atoms with van der Waals surface area (Å²) < 4.78 is 0. The van der Waals surface area contributed by atoms with E-state index in [1.165, 1.54) is 5.43 Å². The van der Waals surface area contributed by atoms with Crippen LogP contribution < -0.4 is 16.9 Å². The van der Waals surface area contributed by atoms with Crippen LogP contribution in [0.2, 0.25) is 0 Å². The first-order chi connectivity index (χ1) is 4.52. The molecule has 56 valence electrons. The number of guanidine groups is 1. The third kappa shape index (κ3) is 4.30. The molecule has 0 aliphatic heterocycles. The molecule has 10 heavy (non-hydrogen) atoms. The van der Waals surface area contributed by atoms with E-state index in [1.807, 2.05) is 0 Å². The van der Waals surface area contributed by atoms with Crippen LogP contribution in [-0.2, 0) is 0 Å². The maximum Gasteiger partial charge on any atom is 0.401 e. The van der Waals surface area contributed by atoms with Crippen molar-refractivity contribution in [3.63, 3.8) is 0 Å². The van der Waals surface area contributed by atoms with Gasteiger partial charge in [-0.1, -0.05) is 0 Å². The van der Waals surface area contributed by atoms with Crippen molar-refractivity contribution >= 4 is 12.0 Å². The summed E-state index contributed by atoms with van der Waals surface area (Å²) in [6.45, 7) is 0. The molecule has 0 radical (unpaired) electrons. The number of carbonyl (C=O) groups excluding carboxylic acids is 1. The molecule has 2 amide bonds. The van der Waals surface area contributed by atoms with Gasteiger partial charge in [0, 0.05) is 0 Å². The van der Waals surface area contributed by atoms with Crippen LogP contribution in [-0.4, -0.2) is 17.0 Å². The molecule has 0 aliphatic carbocycles. The van der Waals surface area contributed by atoms with Crippen LogP contribution in [0.4, 0.5) is 4.79 Å². The predicted octanol–water partition coefficient (Wildman–Crippen LogP) is -1.84. The summed E-state index contributed by atoms with van der Waals surface area (Å²) in [5.74, 6) is -0.528. The first-order valence-corrected chi connectivity index (χ1v) is 2.07. The number of hydrogen-bond donors (Lipinski definition) is 3. The van der Waals surface area contributed by atoms with E-state index in [1.54, 1.807) is 0 Å². The summed E-state index contributed by atoms with van der Waals surface area (Å²) in [7, 11) is 0. The summed E-state index contributed by atoms with van der Waals surface area (Å²) in [5.41, 5.74) is 10.6. The van der Waals surface area contributed by atoms with E-state index < -0.39 is 17.0 Å². The summed E-state index contributed by atoms with van der Waals surface area (Å²) in [4.78, 5) is 22.5. The number of rotatable bonds is 1. The molecule has 0 aromatic carbocycles. The van der Waals surface area contributed by atoms with Crippen LogP contribution in [0.15, 0.2) is 4.99 Å². The van der Waals surface area contributed by atoms with E-state index >= 15 is 0 Å². The standard InChI is InChI=1S/C2H5N5O3/c3-1(4)5-2(8)6-7(9)10/h(H5,3,4,5,6,8). The highest BCUT2D eigenvalue weighted by atomic mass is 16.7. The van der Waals surface area contributed by atoms with E-state index in [2.05, 4.69) is 4.99 Å². The molecule has 0 heterocycles. The Morgan fingerprint density at radius 1 is 1.60 bits per heavy atom. The minimum absolute atomic E-state index is 0.528. The molecule has 0 saturated heterocycles. The van der Waals surface area contributed by atoms with Gasteiger partial charge >= 0.3 is 6.03 Å². The van der Waals surface area contributed by atoms with Crippen LogP contribution in [0.3, 0.4) is 0 Å². The van der Waals surface area contributed by atoms with Crippen molar-refractivity contribution in [2.75, 3.05) is 0 Å². The van der Waals surface area contributed by atoms with E-state index in [-0.39, 0.29) is 0 Å². The highest BCUT2D eigenvalue weighted by Gasteiger charge is 2.03. The SMILES string of the molecule is NC(N)=NC(=O)N[N+](=O)[O-]. The number of hydrazine groups is 1. The smallest absolute Gasteiger partial charge is 0.370 e. The number of hydrogen-bond acceptors (Lipinski definition) is 3. The Hall–Kier alpha value is -1.86. The van der Waals surface area contributed by atoms with Crippen molar-refractivity contribution in [2.45, 2.75) is 0 Å². The van der Waals surface area contributed by atoms with Crippen molar-refractivity contribution in [3.8, 4) is 0 Å². The molecule has 8 heteroatoms. The molecule has 0 aromatic rings. The van der Waals surface area contributed by atoms with Gasteiger partial charge in [-0.3, -0.25) is 0 Å². The fraction of sp³-hybridized carbons (Fsp3) is 0. The zero-order valence-electron chi connectivity index (χ0n) is 4.77. The fourth-order valence-corrected chi connectivity index (χ4v) is 0.220. The molecule has 0 rings (SSSR count). The number of carbonyl (C=O) groups is 1. The summed E-state index contributed by atoms with van der Waals surface area (Å²) in [6, 6.07) is -1.20. The van der Waals surface area contributed by atoms with Gasteiger partial charge in [0.25, 0.3) is 0 Å². The third-order valence-corrected chi connectivity index (χ3v) is 0.418. The van der Waals surface area contributed by atoms with Gasteiger partial charge in [-0.2, -0.15) is 4.99 Å². The number of nitrogens with two attached hydrogens (primary N) is 2. The molecule has 0 aromatic heterocycles. The van der Waals surface area contributed by atoms with Crippen LogP contribution in [0.5, 0.6) is 0 Å². The highest BCUT2D eigenvalue weighted by molar-refractivity contribution is 5.89. The molecule has 8 nitrogen and oxygen atoms in total. The normalized spacial score (nSPS) is 8.00. The minimum Gasteiger partial charge on any atom is -0.370 e. The van der Waals surface area contributed by atoms with Crippen LogP contribution in [0.25, 0.3) is 0 Å². The third-order valence-electron chi connectivity index (χ3n) is 0.418. The molecule has 0 unspecified atom stereocenters. The molecule has 0 spiro atoms. The maximum absolute atomic E-state index is 10.2. The maximum atomic E-state index is 10.2. The van der Waals surface area contributed by atoms with Gasteiger partial charge in [-0.15, -0.1) is 0 Å². The number of urea groups is 1. The molecule has 5 N–H and O–H groups in total. The average molecular weight is 147 g/mol. The van der Waals surface area contributed by atoms with Crippen molar-refractivity contribution in [2.24, 2.45) is 16.5 Å². The molecule has 0 atom stereocenters. The molecule has 0 bridgehead atoms. The van der Waals surface area contributed by atoms with Crippen molar-refractivity contribution in [1.82, 2.24) is 5.43 Å². The number of nitro groups is 1. The lowest BCUT2D eigenvalue weighted by atomic mass is 11.0. The Labute approximate surface area is 55.0 Å². The van der Waals surface area contributed by atoms with Gasteiger partial charge in [0.05, 0.1) is 0 Å². The lowest BCUT2D eigenvalue weighted by molar-refractivity contribution is -0.527. The Balaban J connectivity index is 3.88. The van der Waals surface area contributed by atoms with Gasteiger partial charge in [0.2, 0.25) is 0 Å². The Bertz CT molecular complexity index is 181. The highest BCUT2D eigenvalue weighted by Crippen LogP contribution is 1.70. The lowest BCUT2D eigenvalue weighted by Crippen LogP contribution is -2.31. The fourth-order valence-electron chi connectivity index (χ4n) is 0.220. The van der Waals surface area contributed by atoms with E-state index in [0.29, 0.717) is 0 Å². The average Bonchev–Trinajstić information content (AvgIpc) is 1.58. The molecule has 0 saturated carbocycles. The van der Waals surface area contributed by atoms with E-state index in [4.69, 9.17) is 11.5 Å². The Morgan fingerprint density at radius 2 is 2.10 bits per heavy atom. The molecular weight excluding hydrogens is 142 g/mol. The summed E-state index contributed by atoms with van der Waals surface area (Å²) in [5, 5.41) is 8.45. The van der Waals surface area contributed by atoms with Crippen LogP contribution in [0.1, 0.15) is 0 Å². The topological polar surface area (TPSA) is 137 Å². The predicted molar refractivity (Wildman–Crippen MR) is 31.3 cm³/mol. The van der Waals surface area contributed by atoms with Gasteiger partial charge in [0.1, 0.15) is 0 Å². The summed E-state index contributed by atoms with van der Waals surface area (Å²) in [6.07, 6.45) is 0.